The summed E-state index contributed by atoms with van der Waals surface area (Å²) < 4.78 is 29.8. The summed E-state index contributed by atoms with van der Waals surface area (Å²) in [5, 5.41) is 8.94. The molecule has 0 fully saturated rings. The standard InChI is InChI=1S/C11H21NO5S/c1-9(11(13)14)10(6-7-12(2)3)5-4-8-18(15,16)17/h4-8H2,1-3H3,(H,13,14)(H,15,16,17). The van der Waals surface area contributed by atoms with Crippen molar-refractivity contribution in [2.24, 2.45) is 0 Å². The van der Waals surface area contributed by atoms with Gasteiger partial charge >= 0.3 is 5.97 Å². The first kappa shape index (κ1) is 17.1. The van der Waals surface area contributed by atoms with Crippen LogP contribution < -0.4 is 0 Å². The Morgan fingerprint density at radius 3 is 2.17 bits per heavy atom. The van der Waals surface area contributed by atoms with Gasteiger partial charge in [-0.05, 0) is 40.3 Å². The van der Waals surface area contributed by atoms with E-state index in [9.17, 15) is 13.2 Å². The Bertz CT molecular complexity index is 411. The lowest BCUT2D eigenvalue weighted by Gasteiger charge is -2.13. The number of rotatable bonds is 8. The molecule has 0 spiro atoms. The zero-order valence-electron chi connectivity index (χ0n) is 11.0. The second-order valence-electron chi connectivity index (χ2n) is 4.48. The van der Waals surface area contributed by atoms with Crippen LogP contribution in [0.5, 0.6) is 0 Å². The monoisotopic (exact) mass is 279 g/mol. The molecule has 106 valence electrons. The predicted molar refractivity (Wildman–Crippen MR) is 69.2 cm³/mol. The number of carboxylic acids is 1. The molecule has 0 aromatic heterocycles. The van der Waals surface area contributed by atoms with Crippen LogP contribution in [0.25, 0.3) is 0 Å². The summed E-state index contributed by atoms with van der Waals surface area (Å²) in [6, 6.07) is 0. The van der Waals surface area contributed by atoms with E-state index in [0.29, 0.717) is 19.4 Å². The van der Waals surface area contributed by atoms with Gasteiger partial charge in [0.25, 0.3) is 10.1 Å². The van der Waals surface area contributed by atoms with E-state index in [-0.39, 0.29) is 17.7 Å². The van der Waals surface area contributed by atoms with Crippen molar-refractivity contribution in [1.29, 1.82) is 0 Å². The van der Waals surface area contributed by atoms with E-state index >= 15 is 0 Å². The molecule has 0 aromatic rings. The second-order valence-corrected chi connectivity index (χ2v) is 6.05. The number of carbonyl (C=O) groups is 1. The highest BCUT2D eigenvalue weighted by Crippen LogP contribution is 2.16. The second kappa shape index (κ2) is 7.50. The highest BCUT2D eigenvalue weighted by atomic mass is 32.2. The van der Waals surface area contributed by atoms with Crippen molar-refractivity contribution in [1.82, 2.24) is 4.90 Å². The maximum absolute atomic E-state index is 10.9. The number of nitrogens with zero attached hydrogens (tertiary/aromatic N) is 1. The van der Waals surface area contributed by atoms with Crippen LogP contribution in [0.15, 0.2) is 11.1 Å². The first-order valence-electron chi connectivity index (χ1n) is 5.65. The largest absolute Gasteiger partial charge is 0.478 e. The number of hydrogen-bond donors (Lipinski definition) is 2. The number of carboxylic acid groups (broad SMARTS) is 1. The van der Waals surface area contributed by atoms with Gasteiger partial charge in [-0.2, -0.15) is 8.42 Å². The molecule has 0 bridgehead atoms. The zero-order chi connectivity index (χ0) is 14.3. The smallest absolute Gasteiger partial charge is 0.331 e. The van der Waals surface area contributed by atoms with E-state index in [1.54, 1.807) is 0 Å². The van der Waals surface area contributed by atoms with E-state index in [2.05, 4.69) is 0 Å². The minimum Gasteiger partial charge on any atom is -0.478 e. The van der Waals surface area contributed by atoms with Crippen LogP contribution in [-0.4, -0.2) is 55.3 Å². The fourth-order valence-electron chi connectivity index (χ4n) is 1.48. The molecule has 0 radical (unpaired) electrons. The van der Waals surface area contributed by atoms with Gasteiger partial charge in [-0.1, -0.05) is 5.57 Å². The van der Waals surface area contributed by atoms with Gasteiger partial charge in [0, 0.05) is 12.1 Å². The van der Waals surface area contributed by atoms with E-state index in [4.69, 9.17) is 9.66 Å². The van der Waals surface area contributed by atoms with Crippen LogP contribution in [0, 0.1) is 0 Å². The van der Waals surface area contributed by atoms with Crippen LogP contribution in [0.2, 0.25) is 0 Å². The lowest BCUT2D eigenvalue weighted by atomic mass is 10.0. The van der Waals surface area contributed by atoms with Crippen LogP contribution in [0.1, 0.15) is 26.2 Å². The van der Waals surface area contributed by atoms with E-state index < -0.39 is 16.1 Å². The lowest BCUT2D eigenvalue weighted by Crippen LogP contribution is -2.15. The minimum atomic E-state index is -3.98. The molecule has 0 amide bonds. The molecule has 18 heavy (non-hydrogen) atoms. The van der Waals surface area contributed by atoms with Crippen molar-refractivity contribution in [2.75, 3.05) is 26.4 Å². The van der Waals surface area contributed by atoms with Crippen LogP contribution >= 0.6 is 0 Å². The molecule has 6 nitrogen and oxygen atoms in total. The maximum atomic E-state index is 10.9. The number of aliphatic carboxylic acids is 1. The van der Waals surface area contributed by atoms with Gasteiger partial charge in [-0.15, -0.1) is 0 Å². The van der Waals surface area contributed by atoms with Gasteiger partial charge in [0.15, 0.2) is 0 Å². The Morgan fingerprint density at radius 1 is 1.22 bits per heavy atom. The quantitative estimate of drug-likeness (QED) is 0.508. The fraction of sp³-hybridized carbons (Fsp3) is 0.727. The van der Waals surface area contributed by atoms with Gasteiger partial charge in [0.2, 0.25) is 0 Å². The van der Waals surface area contributed by atoms with Crippen LogP contribution in [0.4, 0.5) is 0 Å². The maximum Gasteiger partial charge on any atom is 0.331 e. The molecule has 0 saturated carbocycles. The highest BCUT2D eigenvalue weighted by Gasteiger charge is 2.11. The van der Waals surface area contributed by atoms with E-state index in [0.717, 1.165) is 5.57 Å². The van der Waals surface area contributed by atoms with E-state index in [1.807, 2.05) is 19.0 Å². The predicted octanol–water partition coefficient (Wildman–Crippen LogP) is 1.01. The Balaban J connectivity index is 4.59. The van der Waals surface area contributed by atoms with Crippen molar-refractivity contribution < 1.29 is 22.9 Å². The molecular formula is C11H21NO5S. The van der Waals surface area contributed by atoms with Gasteiger partial charge in [-0.25, -0.2) is 4.79 Å². The summed E-state index contributed by atoms with van der Waals surface area (Å²) in [4.78, 5) is 12.8. The molecular weight excluding hydrogens is 258 g/mol. The zero-order valence-corrected chi connectivity index (χ0v) is 11.8. The topological polar surface area (TPSA) is 94.9 Å². The van der Waals surface area contributed by atoms with Gasteiger partial charge in [0.05, 0.1) is 5.75 Å². The Kier molecular flexibility index (Phi) is 7.12. The molecule has 2 N–H and O–H groups in total. The van der Waals surface area contributed by atoms with Gasteiger partial charge in [-0.3, -0.25) is 4.55 Å². The summed E-state index contributed by atoms with van der Waals surface area (Å²) in [6.07, 6.45) is 1.18. The molecule has 0 aliphatic heterocycles. The fourth-order valence-corrected chi connectivity index (χ4v) is 1.99. The Hall–Kier alpha value is -0.920. The molecule has 0 aliphatic rings. The van der Waals surface area contributed by atoms with Crippen molar-refractivity contribution in [2.45, 2.75) is 26.2 Å². The average molecular weight is 279 g/mol. The normalized spacial score (nSPS) is 13.6. The first-order chi connectivity index (χ1) is 8.13. The molecule has 0 rings (SSSR count). The molecule has 0 aromatic carbocycles. The Morgan fingerprint density at radius 2 is 1.78 bits per heavy atom. The molecule has 0 heterocycles. The third kappa shape index (κ3) is 8.21. The third-order valence-corrected chi connectivity index (χ3v) is 3.40. The summed E-state index contributed by atoms with van der Waals surface area (Å²) in [6.45, 7) is 2.21. The average Bonchev–Trinajstić information content (AvgIpc) is 2.19. The summed E-state index contributed by atoms with van der Waals surface area (Å²) in [5.74, 6) is -1.33. The molecule has 0 unspecified atom stereocenters. The van der Waals surface area contributed by atoms with Crippen molar-refractivity contribution in [3.05, 3.63) is 11.1 Å². The summed E-state index contributed by atoms with van der Waals surface area (Å²) in [5.41, 5.74) is 0.979. The third-order valence-electron chi connectivity index (χ3n) is 2.59. The van der Waals surface area contributed by atoms with Crippen molar-refractivity contribution in [3.63, 3.8) is 0 Å². The van der Waals surface area contributed by atoms with Crippen LogP contribution in [0.3, 0.4) is 0 Å². The van der Waals surface area contributed by atoms with E-state index in [1.165, 1.54) is 6.92 Å². The van der Waals surface area contributed by atoms with Crippen LogP contribution in [-0.2, 0) is 14.9 Å². The molecule has 0 atom stereocenters. The summed E-state index contributed by atoms with van der Waals surface area (Å²) >= 11 is 0. The highest BCUT2D eigenvalue weighted by molar-refractivity contribution is 7.85. The summed E-state index contributed by atoms with van der Waals surface area (Å²) in [7, 11) is -0.216. The molecule has 0 saturated heterocycles. The molecule has 0 aliphatic carbocycles. The SMILES string of the molecule is CC(C(=O)O)=C(CCCS(=O)(=O)O)CCN(C)C. The van der Waals surface area contributed by atoms with Gasteiger partial charge < -0.3 is 10.0 Å². The van der Waals surface area contributed by atoms with Crippen molar-refractivity contribution >= 4 is 16.1 Å². The van der Waals surface area contributed by atoms with Crippen molar-refractivity contribution in [3.8, 4) is 0 Å². The Labute approximate surface area is 108 Å². The minimum absolute atomic E-state index is 0.228. The first-order valence-corrected chi connectivity index (χ1v) is 7.26. The lowest BCUT2D eigenvalue weighted by molar-refractivity contribution is -0.132. The van der Waals surface area contributed by atoms with Gasteiger partial charge in [0.1, 0.15) is 0 Å². The molecule has 7 heteroatoms. The number of hydrogen-bond acceptors (Lipinski definition) is 4.